The molecular weight excluding hydrogens is 276 g/mol. The molecular formula is C14H24N2O3S. The second-order valence-corrected chi connectivity index (χ2v) is 7.26. The Bertz CT molecular complexity index is 358. The Balaban J connectivity index is 1.84. The van der Waals surface area contributed by atoms with Crippen LogP contribution in [0.3, 0.4) is 0 Å². The summed E-state index contributed by atoms with van der Waals surface area (Å²) in [4.78, 5) is 25.0. The molecule has 0 saturated carbocycles. The van der Waals surface area contributed by atoms with Crippen molar-refractivity contribution in [2.45, 2.75) is 50.3 Å². The van der Waals surface area contributed by atoms with Gasteiger partial charge in [0.1, 0.15) is 6.04 Å². The zero-order valence-electron chi connectivity index (χ0n) is 12.0. The SMILES string of the molecule is CC1CCN(C(=O)NCC2CCCCS2)C(C(=O)O)C1. The molecule has 2 rings (SSSR count). The van der Waals surface area contributed by atoms with Crippen LogP contribution in [0.2, 0.25) is 0 Å². The van der Waals surface area contributed by atoms with Crippen LogP contribution in [0, 0.1) is 5.92 Å². The smallest absolute Gasteiger partial charge is 0.326 e. The van der Waals surface area contributed by atoms with Crippen molar-refractivity contribution < 1.29 is 14.7 Å². The molecule has 20 heavy (non-hydrogen) atoms. The molecule has 0 aliphatic carbocycles. The number of hydrogen-bond donors (Lipinski definition) is 2. The van der Waals surface area contributed by atoms with Crippen molar-refractivity contribution in [3.63, 3.8) is 0 Å². The number of urea groups is 1. The van der Waals surface area contributed by atoms with E-state index in [-0.39, 0.29) is 6.03 Å². The minimum absolute atomic E-state index is 0.213. The van der Waals surface area contributed by atoms with Gasteiger partial charge in [-0.1, -0.05) is 13.3 Å². The van der Waals surface area contributed by atoms with Gasteiger partial charge in [-0.25, -0.2) is 9.59 Å². The number of carboxylic acid groups (broad SMARTS) is 1. The molecule has 0 spiro atoms. The van der Waals surface area contributed by atoms with E-state index in [4.69, 9.17) is 0 Å². The van der Waals surface area contributed by atoms with Crippen LogP contribution in [0.1, 0.15) is 39.0 Å². The molecule has 5 nitrogen and oxygen atoms in total. The highest BCUT2D eigenvalue weighted by molar-refractivity contribution is 7.99. The maximum atomic E-state index is 12.2. The van der Waals surface area contributed by atoms with Crippen LogP contribution < -0.4 is 5.32 Å². The number of carbonyl (C=O) groups is 2. The lowest BCUT2D eigenvalue weighted by Gasteiger charge is -2.36. The molecule has 2 amide bonds. The monoisotopic (exact) mass is 300 g/mol. The lowest BCUT2D eigenvalue weighted by atomic mass is 9.93. The molecule has 2 fully saturated rings. The number of nitrogens with zero attached hydrogens (tertiary/aromatic N) is 1. The average molecular weight is 300 g/mol. The summed E-state index contributed by atoms with van der Waals surface area (Å²) in [6.45, 7) is 3.24. The van der Waals surface area contributed by atoms with Crippen LogP contribution >= 0.6 is 11.8 Å². The van der Waals surface area contributed by atoms with Gasteiger partial charge in [0.05, 0.1) is 0 Å². The van der Waals surface area contributed by atoms with E-state index >= 15 is 0 Å². The standard InChI is InChI=1S/C14H24N2O3S/c1-10-5-6-16(12(8-10)13(17)18)14(19)15-9-11-4-2-3-7-20-11/h10-12H,2-9H2,1H3,(H,15,19)(H,17,18). The third-order valence-electron chi connectivity index (χ3n) is 4.17. The summed E-state index contributed by atoms with van der Waals surface area (Å²) < 4.78 is 0. The fourth-order valence-corrected chi connectivity index (χ4v) is 4.13. The Labute approximate surface area is 124 Å². The van der Waals surface area contributed by atoms with E-state index in [0.717, 1.165) is 12.8 Å². The minimum atomic E-state index is -0.890. The van der Waals surface area contributed by atoms with Crippen molar-refractivity contribution in [1.82, 2.24) is 10.2 Å². The number of thioether (sulfide) groups is 1. The molecule has 0 radical (unpaired) electrons. The molecule has 2 saturated heterocycles. The number of likely N-dealkylation sites (tertiary alicyclic amines) is 1. The molecule has 2 heterocycles. The zero-order valence-corrected chi connectivity index (χ0v) is 12.8. The molecule has 0 aromatic heterocycles. The summed E-state index contributed by atoms with van der Waals surface area (Å²) in [6, 6.07) is -0.881. The number of hydrogen-bond acceptors (Lipinski definition) is 3. The lowest BCUT2D eigenvalue weighted by Crippen LogP contribution is -2.54. The summed E-state index contributed by atoms with van der Waals surface area (Å²) in [7, 11) is 0. The highest BCUT2D eigenvalue weighted by Crippen LogP contribution is 2.25. The van der Waals surface area contributed by atoms with Gasteiger partial charge in [-0.15, -0.1) is 0 Å². The zero-order chi connectivity index (χ0) is 14.5. The molecule has 0 aromatic rings. The molecule has 2 N–H and O–H groups in total. The molecule has 3 atom stereocenters. The van der Waals surface area contributed by atoms with E-state index in [1.807, 2.05) is 18.7 Å². The summed E-state index contributed by atoms with van der Waals surface area (Å²) in [6.07, 6.45) is 5.08. The van der Waals surface area contributed by atoms with Gasteiger partial charge in [-0.2, -0.15) is 11.8 Å². The fourth-order valence-electron chi connectivity index (χ4n) is 2.89. The molecule has 0 bridgehead atoms. The lowest BCUT2D eigenvalue weighted by molar-refractivity contribution is -0.143. The second kappa shape index (κ2) is 7.20. The van der Waals surface area contributed by atoms with E-state index in [2.05, 4.69) is 5.32 Å². The predicted octanol–water partition coefficient (Wildman–Crippen LogP) is 2.17. The highest BCUT2D eigenvalue weighted by Gasteiger charge is 2.34. The van der Waals surface area contributed by atoms with Gasteiger partial charge in [-0.05, 0) is 37.4 Å². The Hall–Kier alpha value is -0.910. The molecule has 3 unspecified atom stereocenters. The van der Waals surface area contributed by atoms with Gasteiger partial charge in [-0.3, -0.25) is 0 Å². The number of aliphatic carboxylic acids is 1. The Morgan fingerprint density at radius 2 is 2.15 bits per heavy atom. The van der Waals surface area contributed by atoms with Gasteiger partial charge in [0.25, 0.3) is 0 Å². The average Bonchev–Trinajstić information content (AvgIpc) is 2.45. The molecule has 6 heteroatoms. The van der Waals surface area contributed by atoms with Gasteiger partial charge in [0.2, 0.25) is 0 Å². The first-order valence-electron chi connectivity index (χ1n) is 7.47. The van der Waals surface area contributed by atoms with E-state index in [1.54, 1.807) is 0 Å². The van der Waals surface area contributed by atoms with Crippen molar-refractivity contribution in [2.24, 2.45) is 5.92 Å². The third-order valence-corrected chi connectivity index (χ3v) is 5.56. The topological polar surface area (TPSA) is 69.6 Å². The molecule has 2 aliphatic heterocycles. The van der Waals surface area contributed by atoms with Crippen molar-refractivity contribution in [3.8, 4) is 0 Å². The van der Waals surface area contributed by atoms with Crippen LogP contribution in [0.15, 0.2) is 0 Å². The first-order chi connectivity index (χ1) is 9.58. The number of piperidine rings is 1. The number of carboxylic acids is 1. The first kappa shape index (κ1) is 15.5. The van der Waals surface area contributed by atoms with Crippen molar-refractivity contribution >= 4 is 23.8 Å². The van der Waals surface area contributed by atoms with Crippen LogP contribution in [0.25, 0.3) is 0 Å². The van der Waals surface area contributed by atoms with Crippen molar-refractivity contribution in [3.05, 3.63) is 0 Å². The summed E-state index contributed by atoms with van der Waals surface area (Å²) in [5.74, 6) is 0.646. The number of amides is 2. The predicted molar refractivity (Wildman–Crippen MR) is 80.0 cm³/mol. The summed E-state index contributed by atoms with van der Waals surface area (Å²) >= 11 is 1.91. The Kier molecular flexibility index (Phi) is 5.57. The largest absolute Gasteiger partial charge is 0.480 e. The number of nitrogens with one attached hydrogen (secondary N) is 1. The van der Waals surface area contributed by atoms with E-state index in [9.17, 15) is 14.7 Å². The molecule has 0 aromatic carbocycles. The Morgan fingerprint density at radius 1 is 1.35 bits per heavy atom. The van der Waals surface area contributed by atoms with E-state index in [1.165, 1.54) is 23.5 Å². The highest BCUT2D eigenvalue weighted by atomic mass is 32.2. The van der Waals surface area contributed by atoms with Crippen molar-refractivity contribution in [1.29, 1.82) is 0 Å². The van der Waals surface area contributed by atoms with Crippen LogP contribution in [-0.2, 0) is 4.79 Å². The van der Waals surface area contributed by atoms with Gasteiger partial charge in [0.15, 0.2) is 0 Å². The summed E-state index contributed by atoms with van der Waals surface area (Å²) in [5, 5.41) is 12.7. The maximum absolute atomic E-state index is 12.2. The summed E-state index contributed by atoms with van der Waals surface area (Å²) in [5.41, 5.74) is 0. The molecule has 114 valence electrons. The minimum Gasteiger partial charge on any atom is -0.480 e. The Morgan fingerprint density at radius 3 is 2.80 bits per heavy atom. The maximum Gasteiger partial charge on any atom is 0.326 e. The normalized spacial score (nSPS) is 30.9. The van der Waals surface area contributed by atoms with Gasteiger partial charge in [0, 0.05) is 18.3 Å². The van der Waals surface area contributed by atoms with Crippen LogP contribution in [-0.4, -0.2) is 52.1 Å². The fraction of sp³-hybridized carbons (Fsp3) is 0.857. The second-order valence-electron chi connectivity index (χ2n) is 5.85. The quantitative estimate of drug-likeness (QED) is 0.838. The molecule has 2 aliphatic rings. The van der Waals surface area contributed by atoms with E-state index in [0.29, 0.717) is 30.7 Å². The van der Waals surface area contributed by atoms with Crippen LogP contribution in [0.4, 0.5) is 4.79 Å². The third kappa shape index (κ3) is 4.04. The van der Waals surface area contributed by atoms with E-state index < -0.39 is 12.0 Å². The number of rotatable bonds is 3. The van der Waals surface area contributed by atoms with Gasteiger partial charge >= 0.3 is 12.0 Å². The first-order valence-corrected chi connectivity index (χ1v) is 8.51. The van der Waals surface area contributed by atoms with Crippen molar-refractivity contribution in [2.75, 3.05) is 18.8 Å². The number of carbonyl (C=O) groups excluding carboxylic acids is 1. The van der Waals surface area contributed by atoms with Gasteiger partial charge < -0.3 is 15.3 Å². The van der Waals surface area contributed by atoms with Crippen LogP contribution in [0.5, 0.6) is 0 Å².